The molecule has 2 atom stereocenters. The zero-order valence-electron chi connectivity index (χ0n) is 8.66. The largest absolute Gasteiger partial charge is 0.480 e. The molecule has 0 spiro atoms. The molecule has 98 valence electrons. The van der Waals surface area contributed by atoms with Crippen LogP contribution in [0.1, 0.15) is 0 Å². The van der Waals surface area contributed by atoms with Crippen molar-refractivity contribution >= 4 is 39.6 Å². The van der Waals surface area contributed by atoms with Gasteiger partial charge in [-0.3, -0.25) is 4.79 Å². The Hall–Kier alpha value is -1.13. The van der Waals surface area contributed by atoms with E-state index < -0.39 is 30.1 Å². The van der Waals surface area contributed by atoms with Crippen LogP contribution in [0.15, 0.2) is 0 Å². The standard InChI is InChI=1S/C7H13N3O5S2/c8-3(5(11)12)1-16-17-2-4(6(13)14)10-7(9)15/h3-4H,1-2,8H2,(H,11,12)(H,13,14)(H3,9,10,15)/t3-,4-/m0/s1. The summed E-state index contributed by atoms with van der Waals surface area (Å²) in [6.45, 7) is 0. The van der Waals surface area contributed by atoms with Gasteiger partial charge in [-0.25, -0.2) is 9.59 Å². The Balaban J connectivity index is 3.87. The van der Waals surface area contributed by atoms with E-state index in [0.29, 0.717) is 0 Å². The monoisotopic (exact) mass is 283 g/mol. The molecule has 0 heterocycles. The topological polar surface area (TPSA) is 156 Å². The Morgan fingerprint density at radius 2 is 1.65 bits per heavy atom. The van der Waals surface area contributed by atoms with Crippen LogP contribution in [0.2, 0.25) is 0 Å². The van der Waals surface area contributed by atoms with Crippen molar-refractivity contribution < 1.29 is 24.6 Å². The number of rotatable bonds is 8. The summed E-state index contributed by atoms with van der Waals surface area (Å²) < 4.78 is 0. The van der Waals surface area contributed by atoms with E-state index >= 15 is 0 Å². The Labute approximate surface area is 105 Å². The summed E-state index contributed by atoms with van der Waals surface area (Å²) in [6.07, 6.45) is 0. The molecule has 0 unspecified atom stereocenters. The molecule has 10 heteroatoms. The second-order valence-corrected chi connectivity index (χ2v) is 5.47. The van der Waals surface area contributed by atoms with Gasteiger partial charge in [-0.15, -0.1) is 0 Å². The second-order valence-electron chi connectivity index (χ2n) is 2.91. The van der Waals surface area contributed by atoms with Gasteiger partial charge in [-0.05, 0) is 0 Å². The van der Waals surface area contributed by atoms with Gasteiger partial charge in [0.2, 0.25) is 0 Å². The average molecular weight is 283 g/mol. The minimum absolute atomic E-state index is 0.0648. The fourth-order valence-electron chi connectivity index (χ4n) is 0.655. The summed E-state index contributed by atoms with van der Waals surface area (Å²) >= 11 is 0. The van der Waals surface area contributed by atoms with Crippen LogP contribution in [0, 0.1) is 0 Å². The van der Waals surface area contributed by atoms with Crippen molar-refractivity contribution in [3.8, 4) is 0 Å². The number of carboxylic acid groups (broad SMARTS) is 2. The quantitative estimate of drug-likeness (QED) is 0.277. The van der Waals surface area contributed by atoms with E-state index in [2.05, 4.69) is 0 Å². The van der Waals surface area contributed by atoms with Crippen LogP contribution in [0.5, 0.6) is 0 Å². The summed E-state index contributed by atoms with van der Waals surface area (Å²) in [7, 11) is 2.22. The van der Waals surface area contributed by atoms with Gasteiger partial charge >= 0.3 is 18.0 Å². The first-order valence-electron chi connectivity index (χ1n) is 4.36. The number of carboxylic acids is 2. The van der Waals surface area contributed by atoms with Crippen LogP contribution < -0.4 is 16.8 Å². The molecular weight excluding hydrogens is 270 g/mol. The maximum atomic E-state index is 10.7. The number of amides is 2. The lowest BCUT2D eigenvalue weighted by atomic mass is 10.3. The normalized spacial score (nSPS) is 13.7. The molecule has 0 aromatic carbocycles. The van der Waals surface area contributed by atoms with Crippen molar-refractivity contribution in [2.45, 2.75) is 12.1 Å². The molecule has 0 aromatic heterocycles. The SMILES string of the molecule is NC(=O)N[C@@H](CSSC[C@H](N)C(=O)O)C(=O)O. The molecule has 0 rings (SSSR count). The Morgan fingerprint density at radius 3 is 2.06 bits per heavy atom. The summed E-state index contributed by atoms with van der Waals surface area (Å²) in [5.74, 6) is -2.12. The highest BCUT2D eigenvalue weighted by Crippen LogP contribution is 2.22. The van der Waals surface area contributed by atoms with Crippen molar-refractivity contribution in [3.05, 3.63) is 0 Å². The Kier molecular flexibility index (Phi) is 7.50. The van der Waals surface area contributed by atoms with Gasteiger partial charge < -0.3 is 27.0 Å². The van der Waals surface area contributed by atoms with E-state index in [1.165, 1.54) is 0 Å². The van der Waals surface area contributed by atoms with Crippen molar-refractivity contribution in [1.82, 2.24) is 5.32 Å². The van der Waals surface area contributed by atoms with Crippen LogP contribution >= 0.6 is 21.6 Å². The third-order valence-corrected chi connectivity index (χ3v) is 3.95. The highest BCUT2D eigenvalue weighted by molar-refractivity contribution is 8.76. The van der Waals surface area contributed by atoms with Crippen molar-refractivity contribution in [2.24, 2.45) is 11.5 Å². The van der Waals surface area contributed by atoms with Crippen molar-refractivity contribution in [1.29, 1.82) is 0 Å². The number of hydrogen-bond acceptors (Lipinski definition) is 6. The van der Waals surface area contributed by atoms with E-state index in [4.69, 9.17) is 21.7 Å². The van der Waals surface area contributed by atoms with Gasteiger partial charge in [0.25, 0.3) is 0 Å². The summed E-state index contributed by atoms with van der Waals surface area (Å²) in [5, 5.41) is 19.2. The first kappa shape index (κ1) is 15.9. The van der Waals surface area contributed by atoms with Gasteiger partial charge in [0.15, 0.2) is 0 Å². The molecule has 0 aliphatic rings. The van der Waals surface area contributed by atoms with E-state index in [0.717, 1.165) is 21.6 Å². The smallest absolute Gasteiger partial charge is 0.327 e. The maximum absolute atomic E-state index is 10.7. The molecule has 7 N–H and O–H groups in total. The minimum Gasteiger partial charge on any atom is -0.480 e. The molecule has 0 aliphatic carbocycles. The molecular formula is C7H13N3O5S2. The molecule has 0 aliphatic heterocycles. The first-order chi connectivity index (χ1) is 7.84. The zero-order valence-corrected chi connectivity index (χ0v) is 10.3. The van der Waals surface area contributed by atoms with Gasteiger partial charge in [-0.1, -0.05) is 21.6 Å². The van der Waals surface area contributed by atoms with Crippen molar-refractivity contribution in [2.75, 3.05) is 11.5 Å². The number of carbonyl (C=O) groups is 3. The third-order valence-electron chi connectivity index (χ3n) is 1.50. The minimum atomic E-state index is -1.21. The van der Waals surface area contributed by atoms with Crippen LogP contribution in [-0.4, -0.2) is 51.8 Å². The lowest BCUT2D eigenvalue weighted by Crippen LogP contribution is -2.45. The molecule has 0 radical (unpaired) electrons. The molecule has 0 saturated carbocycles. The van der Waals surface area contributed by atoms with E-state index in [9.17, 15) is 14.4 Å². The van der Waals surface area contributed by atoms with E-state index in [1.807, 2.05) is 5.32 Å². The molecule has 0 fully saturated rings. The third kappa shape index (κ3) is 7.71. The summed E-state index contributed by atoms with van der Waals surface area (Å²) in [4.78, 5) is 31.5. The Morgan fingerprint density at radius 1 is 1.12 bits per heavy atom. The number of nitrogens with one attached hydrogen (secondary N) is 1. The number of primary amides is 1. The molecule has 0 aromatic rings. The van der Waals surface area contributed by atoms with Gasteiger partial charge in [-0.2, -0.15) is 0 Å². The van der Waals surface area contributed by atoms with Gasteiger partial charge in [0.1, 0.15) is 12.1 Å². The second kappa shape index (κ2) is 8.03. The van der Waals surface area contributed by atoms with E-state index in [1.54, 1.807) is 0 Å². The number of hydrogen-bond donors (Lipinski definition) is 5. The number of aliphatic carboxylic acids is 2. The van der Waals surface area contributed by atoms with Crippen molar-refractivity contribution in [3.63, 3.8) is 0 Å². The highest BCUT2D eigenvalue weighted by atomic mass is 33.1. The molecule has 2 amide bonds. The predicted octanol–water partition coefficient (Wildman–Crippen LogP) is -1.10. The number of urea groups is 1. The summed E-state index contributed by atoms with van der Waals surface area (Å²) in [6, 6.07) is -3.03. The van der Waals surface area contributed by atoms with Crippen LogP contribution in [0.3, 0.4) is 0 Å². The zero-order chi connectivity index (χ0) is 13.4. The average Bonchev–Trinajstić information content (AvgIpc) is 2.21. The first-order valence-corrected chi connectivity index (χ1v) is 6.85. The predicted molar refractivity (Wildman–Crippen MR) is 64.7 cm³/mol. The van der Waals surface area contributed by atoms with Crippen LogP contribution in [-0.2, 0) is 9.59 Å². The number of carbonyl (C=O) groups excluding carboxylic acids is 1. The van der Waals surface area contributed by atoms with E-state index in [-0.39, 0.29) is 11.5 Å². The van der Waals surface area contributed by atoms with Gasteiger partial charge in [0, 0.05) is 11.5 Å². The molecule has 8 nitrogen and oxygen atoms in total. The fourth-order valence-corrected chi connectivity index (χ4v) is 2.92. The lowest BCUT2D eigenvalue weighted by Gasteiger charge is -2.12. The molecule has 0 bridgehead atoms. The van der Waals surface area contributed by atoms with Crippen LogP contribution in [0.25, 0.3) is 0 Å². The molecule has 0 saturated heterocycles. The maximum Gasteiger partial charge on any atom is 0.327 e. The highest BCUT2D eigenvalue weighted by Gasteiger charge is 2.19. The summed E-state index contributed by atoms with van der Waals surface area (Å²) in [5.41, 5.74) is 10.0. The Bertz CT molecular complexity index is 301. The fraction of sp³-hybridized carbons (Fsp3) is 0.571. The lowest BCUT2D eigenvalue weighted by molar-refractivity contribution is -0.139. The number of nitrogens with two attached hydrogens (primary N) is 2. The van der Waals surface area contributed by atoms with Gasteiger partial charge in [0.05, 0.1) is 0 Å². The van der Waals surface area contributed by atoms with Crippen LogP contribution in [0.4, 0.5) is 4.79 Å². The molecule has 17 heavy (non-hydrogen) atoms.